The molecule has 1 amide bonds. The molecule has 2 aromatic rings. The van der Waals surface area contributed by atoms with E-state index in [1.807, 2.05) is 13.0 Å². The molecule has 1 atom stereocenters. The molecule has 1 aliphatic carbocycles. The molecule has 22 heavy (non-hydrogen) atoms. The molecule has 0 spiro atoms. The number of nitrogens with zero attached hydrogens (tertiary/aromatic N) is 1. The monoisotopic (exact) mass is 300 g/mol. The third kappa shape index (κ3) is 2.82. The van der Waals surface area contributed by atoms with Crippen LogP contribution in [0.2, 0.25) is 0 Å². The van der Waals surface area contributed by atoms with Crippen molar-refractivity contribution in [2.75, 3.05) is 0 Å². The second-order valence-electron chi connectivity index (χ2n) is 6.36. The number of amides is 1. The van der Waals surface area contributed by atoms with Gasteiger partial charge in [0.1, 0.15) is 5.82 Å². The van der Waals surface area contributed by atoms with Crippen LogP contribution >= 0.6 is 0 Å². The average Bonchev–Trinajstić information content (AvgIpc) is 2.53. The second kappa shape index (κ2) is 6.03. The molecule has 1 aromatic carbocycles. The minimum Gasteiger partial charge on any atom is -0.369 e. The van der Waals surface area contributed by atoms with Crippen LogP contribution in [0.3, 0.4) is 0 Å². The standard InChI is InChI=1S/C18H21FN2O/c1-11(18(20)22)12-2-4-13(5-3-12)15-8-9-21-17-7-6-14(19)10-16(15)17/h6-13H,2-5H2,1H3,(H2,20,22). The number of primary amides is 1. The van der Waals surface area contributed by atoms with E-state index in [0.717, 1.165) is 36.6 Å². The molecule has 0 saturated heterocycles. The van der Waals surface area contributed by atoms with E-state index in [2.05, 4.69) is 4.98 Å². The van der Waals surface area contributed by atoms with E-state index >= 15 is 0 Å². The molecule has 1 fully saturated rings. The summed E-state index contributed by atoms with van der Waals surface area (Å²) in [6.45, 7) is 1.92. The number of aromatic nitrogens is 1. The van der Waals surface area contributed by atoms with Gasteiger partial charge in [0.15, 0.2) is 0 Å². The van der Waals surface area contributed by atoms with Crippen molar-refractivity contribution < 1.29 is 9.18 Å². The third-order valence-corrected chi connectivity index (χ3v) is 5.10. The third-order valence-electron chi connectivity index (χ3n) is 5.10. The summed E-state index contributed by atoms with van der Waals surface area (Å²) in [5.41, 5.74) is 7.43. The molecule has 1 saturated carbocycles. The van der Waals surface area contributed by atoms with Crippen molar-refractivity contribution in [2.24, 2.45) is 17.6 Å². The van der Waals surface area contributed by atoms with Crippen molar-refractivity contribution in [1.82, 2.24) is 4.98 Å². The second-order valence-corrected chi connectivity index (χ2v) is 6.36. The van der Waals surface area contributed by atoms with Gasteiger partial charge >= 0.3 is 0 Å². The van der Waals surface area contributed by atoms with Crippen LogP contribution in [-0.4, -0.2) is 10.9 Å². The topological polar surface area (TPSA) is 56.0 Å². The number of carbonyl (C=O) groups excluding carboxylic acids is 1. The lowest BCUT2D eigenvalue weighted by Gasteiger charge is -2.31. The first-order valence-electron chi connectivity index (χ1n) is 7.89. The molecule has 116 valence electrons. The lowest BCUT2D eigenvalue weighted by molar-refractivity contribution is -0.123. The number of benzene rings is 1. The van der Waals surface area contributed by atoms with Gasteiger partial charge in [0.25, 0.3) is 0 Å². The molecular weight excluding hydrogens is 279 g/mol. The smallest absolute Gasteiger partial charge is 0.220 e. The fraction of sp³-hybridized carbons (Fsp3) is 0.444. The molecule has 3 nitrogen and oxygen atoms in total. The first-order valence-corrected chi connectivity index (χ1v) is 7.89. The number of halogens is 1. The van der Waals surface area contributed by atoms with E-state index in [0.29, 0.717) is 11.8 Å². The van der Waals surface area contributed by atoms with E-state index in [-0.39, 0.29) is 17.6 Å². The summed E-state index contributed by atoms with van der Waals surface area (Å²) in [6.07, 6.45) is 5.81. The maximum absolute atomic E-state index is 13.6. The van der Waals surface area contributed by atoms with Crippen molar-refractivity contribution in [3.8, 4) is 0 Å². The van der Waals surface area contributed by atoms with E-state index in [1.54, 1.807) is 18.3 Å². The SMILES string of the molecule is CC(C(N)=O)C1CCC(c2ccnc3ccc(F)cc23)CC1. The highest BCUT2D eigenvalue weighted by molar-refractivity contribution is 5.82. The van der Waals surface area contributed by atoms with Gasteiger partial charge in [0.05, 0.1) is 5.52 Å². The quantitative estimate of drug-likeness (QED) is 0.938. The predicted molar refractivity (Wildman–Crippen MR) is 84.8 cm³/mol. The minimum absolute atomic E-state index is 0.0624. The Morgan fingerprint density at radius 1 is 1.27 bits per heavy atom. The number of pyridine rings is 1. The molecule has 1 unspecified atom stereocenters. The molecule has 4 heteroatoms. The van der Waals surface area contributed by atoms with Crippen LogP contribution in [0.4, 0.5) is 4.39 Å². The van der Waals surface area contributed by atoms with Gasteiger partial charge in [0.2, 0.25) is 5.91 Å². The van der Waals surface area contributed by atoms with Crippen LogP contribution in [-0.2, 0) is 4.79 Å². The van der Waals surface area contributed by atoms with Crippen molar-refractivity contribution in [1.29, 1.82) is 0 Å². The van der Waals surface area contributed by atoms with Crippen molar-refractivity contribution >= 4 is 16.8 Å². The highest BCUT2D eigenvalue weighted by Gasteiger charge is 2.29. The summed E-state index contributed by atoms with van der Waals surface area (Å²) >= 11 is 0. The zero-order valence-corrected chi connectivity index (χ0v) is 12.8. The molecule has 0 aliphatic heterocycles. The molecule has 0 bridgehead atoms. The van der Waals surface area contributed by atoms with Crippen LogP contribution in [0.1, 0.15) is 44.1 Å². The van der Waals surface area contributed by atoms with Crippen LogP contribution in [0, 0.1) is 17.7 Å². The molecule has 3 rings (SSSR count). The van der Waals surface area contributed by atoms with E-state index < -0.39 is 0 Å². The average molecular weight is 300 g/mol. The Balaban J connectivity index is 1.82. The Hall–Kier alpha value is -1.97. The van der Waals surface area contributed by atoms with Crippen LogP contribution in [0.5, 0.6) is 0 Å². The van der Waals surface area contributed by atoms with Crippen molar-refractivity contribution in [3.63, 3.8) is 0 Å². The molecule has 1 aliphatic rings. The Morgan fingerprint density at radius 2 is 2.00 bits per heavy atom. The Bertz CT molecular complexity index is 693. The Labute approximate surface area is 129 Å². The normalized spacial score (nSPS) is 23.4. The minimum atomic E-state index is -0.224. The summed E-state index contributed by atoms with van der Waals surface area (Å²) in [6, 6.07) is 6.76. The molecule has 2 N–H and O–H groups in total. The molecule has 1 aromatic heterocycles. The fourth-order valence-electron chi connectivity index (χ4n) is 3.66. The number of carbonyl (C=O) groups is 1. The van der Waals surface area contributed by atoms with Gasteiger partial charge in [-0.15, -0.1) is 0 Å². The summed E-state index contributed by atoms with van der Waals surface area (Å²) < 4.78 is 13.6. The lowest BCUT2D eigenvalue weighted by atomic mass is 9.73. The number of rotatable bonds is 3. The maximum atomic E-state index is 13.6. The molecule has 1 heterocycles. The first-order chi connectivity index (χ1) is 10.6. The van der Waals surface area contributed by atoms with Crippen LogP contribution in [0.25, 0.3) is 10.9 Å². The number of fused-ring (bicyclic) bond motifs is 1. The van der Waals surface area contributed by atoms with Gasteiger partial charge < -0.3 is 5.73 Å². The summed E-state index contributed by atoms with van der Waals surface area (Å²) in [7, 11) is 0. The van der Waals surface area contributed by atoms with Crippen LogP contribution < -0.4 is 5.73 Å². The largest absolute Gasteiger partial charge is 0.369 e. The molecular formula is C18H21FN2O. The fourth-order valence-corrected chi connectivity index (χ4v) is 3.66. The summed E-state index contributed by atoms with van der Waals surface area (Å²) in [5, 5.41) is 0.911. The number of hydrogen-bond acceptors (Lipinski definition) is 2. The van der Waals surface area contributed by atoms with Gasteiger partial charge in [-0.2, -0.15) is 0 Å². The van der Waals surface area contributed by atoms with Gasteiger partial charge in [-0.25, -0.2) is 4.39 Å². The zero-order chi connectivity index (χ0) is 15.7. The summed E-state index contributed by atoms with van der Waals surface area (Å²) in [5.74, 6) is 0.285. The number of nitrogens with two attached hydrogens (primary N) is 1. The van der Waals surface area contributed by atoms with E-state index in [4.69, 9.17) is 5.73 Å². The van der Waals surface area contributed by atoms with Crippen molar-refractivity contribution in [3.05, 3.63) is 41.8 Å². The highest BCUT2D eigenvalue weighted by atomic mass is 19.1. The molecule has 0 radical (unpaired) electrons. The lowest BCUT2D eigenvalue weighted by Crippen LogP contribution is -2.30. The summed E-state index contributed by atoms with van der Waals surface area (Å²) in [4.78, 5) is 15.7. The Morgan fingerprint density at radius 3 is 2.68 bits per heavy atom. The van der Waals surface area contributed by atoms with Gasteiger partial charge in [-0.1, -0.05) is 6.92 Å². The van der Waals surface area contributed by atoms with Crippen molar-refractivity contribution in [2.45, 2.75) is 38.5 Å². The maximum Gasteiger partial charge on any atom is 0.220 e. The van der Waals surface area contributed by atoms with E-state index in [9.17, 15) is 9.18 Å². The van der Waals surface area contributed by atoms with E-state index in [1.165, 1.54) is 11.6 Å². The zero-order valence-electron chi connectivity index (χ0n) is 12.8. The first kappa shape index (κ1) is 14.9. The number of hydrogen-bond donors (Lipinski definition) is 1. The predicted octanol–water partition coefficient (Wildman–Crippen LogP) is 3.77. The van der Waals surface area contributed by atoms with Gasteiger partial charge in [-0.05, 0) is 67.3 Å². The van der Waals surface area contributed by atoms with Crippen LogP contribution in [0.15, 0.2) is 30.5 Å². The van der Waals surface area contributed by atoms with Gasteiger partial charge in [0, 0.05) is 17.5 Å². The highest BCUT2D eigenvalue weighted by Crippen LogP contribution is 2.40. The Kier molecular flexibility index (Phi) is 4.10. The van der Waals surface area contributed by atoms with Gasteiger partial charge in [-0.3, -0.25) is 9.78 Å².